The van der Waals surface area contributed by atoms with Gasteiger partial charge in [0, 0.05) is 6.26 Å². The lowest BCUT2D eigenvalue weighted by atomic mass is 10.2. The molecule has 0 unspecified atom stereocenters. The van der Waals surface area contributed by atoms with Crippen molar-refractivity contribution in [3.63, 3.8) is 0 Å². The molecular weight excluding hydrogens is 346 g/mol. The van der Waals surface area contributed by atoms with Gasteiger partial charge in [-0.25, -0.2) is 18.2 Å². The van der Waals surface area contributed by atoms with E-state index < -0.39 is 27.6 Å². The van der Waals surface area contributed by atoms with Crippen LogP contribution >= 0.6 is 0 Å². The Bertz CT molecular complexity index is 741. The molecule has 0 aromatic heterocycles. The number of aldehydes is 1. The number of nitrogens with zero attached hydrogens (tertiary/aromatic N) is 1. The minimum absolute atomic E-state index is 0.0423. The van der Waals surface area contributed by atoms with Crippen molar-refractivity contribution >= 4 is 33.6 Å². The number of hydrazine groups is 1. The van der Waals surface area contributed by atoms with E-state index >= 15 is 0 Å². The average Bonchev–Trinajstić information content (AvgIpc) is 2.46. The number of amides is 1. The molecule has 8 nitrogen and oxygen atoms in total. The van der Waals surface area contributed by atoms with Crippen LogP contribution in [-0.4, -0.2) is 43.7 Å². The van der Waals surface area contributed by atoms with Gasteiger partial charge in [-0.1, -0.05) is 13.0 Å². The number of sulfone groups is 1. The van der Waals surface area contributed by atoms with Gasteiger partial charge in [0.2, 0.25) is 0 Å². The summed E-state index contributed by atoms with van der Waals surface area (Å²) in [5.41, 5.74) is 8.02. The second kappa shape index (κ2) is 7.73. The first-order chi connectivity index (χ1) is 11.4. The molecule has 3 N–H and O–H groups in total. The van der Waals surface area contributed by atoms with Crippen LogP contribution in [0, 0.1) is 0 Å². The van der Waals surface area contributed by atoms with Gasteiger partial charge in [0.15, 0.2) is 9.84 Å². The van der Waals surface area contributed by atoms with Gasteiger partial charge < -0.3 is 15.3 Å². The third kappa shape index (κ3) is 5.63. The highest BCUT2D eigenvalue weighted by Crippen LogP contribution is 2.28. The molecule has 0 aliphatic carbocycles. The molecular formula is C16H25N3O5S. The Morgan fingerprint density at radius 2 is 2.00 bits per heavy atom. The number of nitrogen functional groups attached to an aromatic ring is 1. The highest BCUT2D eigenvalue weighted by Gasteiger charge is 2.28. The number of rotatable bonds is 6. The SMILES string of the molecule is CC[C@@H](C=O)N(Nc1cccc(S(C)(=O)=O)c1N)C(=O)OC(C)(C)C. The summed E-state index contributed by atoms with van der Waals surface area (Å²) < 4.78 is 28.9. The van der Waals surface area contributed by atoms with E-state index in [1.165, 1.54) is 18.2 Å². The molecule has 9 heteroatoms. The number of benzene rings is 1. The van der Waals surface area contributed by atoms with Crippen LogP contribution in [0.25, 0.3) is 0 Å². The van der Waals surface area contributed by atoms with E-state index in [1.54, 1.807) is 27.7 Å². The van der Waals surface area contributed by atoms with Crippen LogP contribution < -0.4 is 11.2 Å². The van der Waals surface area contributed by atoms with Crippen molar-refractivity contribution in [1.82, 2.24) is 5.01 Å². The summed E-state index contributed by atoms with van der Waals surface area (Å²) in [6.07, 6.45) is 1.21. The second-order valence-electron chi connectivity index (χ2n) is 6.56. The maximum Gasteiger partial charge on any atom is 0.429 e. The van der Waals surface area contributed by atoms with Gasteiger partial charge in [-0.2, -0.15) is 0 Å². The molecule has 0 saturated heterocycles. The standard InChI is InChI=1S/C16H25N3O5S/c1-6-11(10-20)19(15(21)24-16(2,3)4)18-12-8-7-9-13(14(12)17)25(5,22)23/h7-11,18H,6,17H2,1-5H3/t11-/m0/s1. The molecule has 1 aromatic carbocycles. The van der Waals surface area contributed by atoms with Crippen LogP contribution in [0.5, 0.6) is 0 Å². The number of hydrogen-bond acceptors (Lipinski definition) is 7. The lowest BCUT2D eigenvalue weighted by molar-refractivity contribution is -0.112. The van der Waals surface area contributed by atoms with E-state index in [2.05, 4.69) is 5.43 Å². The van der Waals surface area contributed by atoms with Gasteiger partial charge in [-0.3, -0.25) is 5.43 Å². The zero-order chi connectivity index (χ0) is 19.4. The van der Waals surface area contributed by atoms with E-state index in [1.807, 2.05) is 0 Å². The zero-order valence-corrected chi connectivity index (χ0v) is 15.9. The predicted molar refractivity (Wildman–Crippen MR) is 95.8 cm³/mol. The van der Waals surface area contributed by atoms with E-state index in [9.17, 15) is 18.0 Å². The number of para-hydroxylation sites is 1. The van der Waals surface area contributed by atoms with Crippen molar-refractivity contribution in [2.75, 3.05) is 17.4 Å². The molecule has 0 saturated carbocycles. The quantitative estimate of drug-likeness (QED) is 0.447. The van der Waals surface area contributed by atoms with Gasteiger partial charge in [0.25, 0.3) is 0 Å². The van der Waals surface area contributed by atoms with Crippen molar-refractivity contribution in [2.45, 2.75) is 50.7 Å². The van der Waals surface area contributed by atoms with Crippen LogP contribution in [0.3, 0.4) is 0 Å². The van der Waals surface area contributed by atoms with Crippen LogP contribution in [0.15, 0.2) is 23.1 Å². The lowest BCUT2D eigenvalue weighted by Gasteiger charge is -2.31. The van der Waals surface area contributed by atoms with Crippen LogP contribution in [0.1, 0.15) is 34.1 Å². The van der Waals surface area contributed by atoms with Crippen LogP contribution in [0.4, 0.5) is 16.2 Å². The summed E-state index contributed by atoms with van der Waals surface area (Å²) in [6, 6.07) is 3.56. The smallest absolute Gasteiger partial charge is 0.429 e. The van der Waals surface area contributed by atoms with Gasteiger partial charge in [0.1, 0.15) is 17.9 Å². The van der Waals surface area contributed by atoms with Crippen molar-refractivity contribution < 1.29 is 22.7 Å². The number of hydrogen-bond donors (Lipinski definition) is 2. The summed E-state index contributed by atoms with van der Waals surface area (Å²) in [6.45, 7) is 6.82. The molecule has 25 heavy (non-hydrogen) atoms. The van der Waals surface area contributed by atoms with E-state index in [4.69, 9.17) is 10.5 Å². The van der Waals surface area contributed by atoms with Crippen molar-refractivity contribution in [3.05, 3.63) is 18.2 Å². The van der Waals surface area contributed by atoms with E-state index in [0.29, 0.717) is 12.7 Å². The molecule has 0 fully saturated rings. The van der Waals surface area contributed by atoms with E-state index in [-0.39, 0.29) is 16.3 Å². The number of nitrogens with one attached hydrogen (secondary N) is 1. The Balaban J connectivity index is 3.27. The van der Waals surface area contributed by atoms with Crippen molar-refractivity contribution in [3.8, 4) is 0 Å². The maximum atomic E-state index is 12.4. The Kier molecular flexibility index (Phi) is 6.42. The molecule has 1 rings (SSSR count). The first-order valence-corrected chi connectivity index (χ1v) is 9.62. The van der Waals surface area contributed by atoms with Gasteiger partial charge >= 0.3 is 6.09 Å². The number of anilines is 2. The summed E-state index contributed by atoms with van der Waals surface area (Å²) in [5, 5.41) is 1.01. The van der Waals surface area contributed by atoms with Gasteiger partial charge in [-0.15, -0.1) is 0 Å². The maximum absolute atomic E-state index is 12.4. The summed E-state index contributed by atoms with van der Waals surface area (Å²) in [5.74, 6) is 0. The fraction of sp³-hybridized carbons (Fsp3) is 0.500. The molecule has 0 radical (unpaired) electrons. The largest absolute Gasteiger partial charge is 0.442 e. The molecule has 0 bridgehead atoms. The molecule has 140 valence electrons. The Hall–Kier alpha value is -2.29. The Morgan fingerprint density at radius 1 is 1.40 bits per heavy atom. The molecule has 0 heterocycles. The summed E-state index contributed by atoms with van der Waals surface area (Å²) >= 11 is 0. The first-order valence-electron chi connectivity index (χ1n) is 7.73. The normalized spacial score (nSPS) is 13.0. The minimum atomic E-state index is -3.54. The highest BCUT2D eigenvalue weighted by molar-refractivity contribution is 7.90. The molecule has 0 aliphatic rings. The minimum Gasteiger partial charge on any atom is -0.442 e. The number of carbonyl (C=O) groups excluding carboxylic acids is 2. The van der Waals surface area contributed by atoms with Crippen molar-refractivity contribution in [2.24, 2.45) is 0 Å². The topological polar surface area (TPSA) is 119 Å². The Morgan fingerprint density at radius 3 is 2.44 bits per heavy atom. The molecule has 0 spiro atoms. The first kappa shape index (κ1) is 20.8. The molecule has 1 atom stereocenters. The average molecular weight is 371 g/mol. The summed E-state index contributed by atoms with van der Waals surface area (Å²) in [4.78, 5) is 23.7. The predicted octanol–water partition coefficient (Wildman–Crippen LogP) is 2.21. The third-order valence-electron chi connectivity index (χ3n) is 3.20. The second-order valence-corrected chi connectivity index (χ2v) is 8.55. The van der Waals surface area contributed by atoms with Gasteiger partial charge in [-0.05, 0) is 39.3 Å². The van der Waals surface area contributed by atoms with Crippen LogP contribution in [-0.2, 0) is 19.4 Å². The molecule has 0 aliphatic heterocycles. The number of ether oxygens (including phenoxy) is 1. The van der Waals surface area contributed by atoms with E-state index in [0.717, 1.165) is 11.3 Å². The number of carbonyl (C=O) groups is 2. The summed E-state index contributed by atoms with van der Waals surface area (Å²) in [7, 11) is -3.54. The molecule has 1 amide bonds. The van der Waals surface area contributed by atoms with Gasteiger partial charge in [0.05, 0.1) is 16.3 Å². The fourth-order valence-electron chi connectivity index (χ4n) is 2.01. The highest BCUT2D eigenvalue weighted by atomic mass is 32.2. The monoisotopic (exact) mass is 371 g/mol. The van der Waals surface area contributed by atoms with Crippen molar-refractivity contribution in [1.29, 1.82) is 0 Å². The lowest BCUT2D eigenvalue weighted by Crippen LogP contribution is -2.47. The fourth-order valence-corrected chi connectivity index (χ4v) is 2.84. The Labute approximate surface area is 148 Å². The number of nitrogens with two attached hydrogens (primary N) is 1. The zero-order valence-electron chi connectivity index (χ0n) is 15.1. The third-order valence-corrected chi connectivity index (χ3v) is 4.36. The van der Waals surface area contributed by atoms with Crippen LogP contribution in [0.2, 0.25) is 0 Å². The molecule has 1 aromatic rings.